The molecule has 128 valence electrons. The molecule has 1 heterocycles. The van der Waals surface area contributed by atoms with E-state index in [1.54, 1.807) is 4.90 Å². The van der Waals surface area contributed by atoms with Crippen LogP contribution in [0.5, 0.6) is 0 Å². The topological polar surface area (TPSA) is 80.5 Å². The molecule has 1 aromatic rings. The fraction of sp³-hybridized carbons (Fsp3) is 0.562. The minimum Gasteiger partial charge on any atom is -0.340 e. The van der Waals surface area contributed by atoms with Gasteiger partial charge < -0.3 is 10.6 Å². The summed E-state index contributed by atoms with van der Waals surface area (Å²) in [5.41, 5.74) is 5.65. The molecule has 3 atom stereocenters. The fourth-order valence-corrected chi connectivity index (χ4v) is 4.33. The van der Waals surface area contributed by atoms with E-state index in [0.717, 1.165) is 18.6 Å². The van der Waals surface area contributed by atoms with Gasteiger partial charge in [0, 0.05) is 19.0 Å². The molecular weight excluding hydrogens is 319 g/mol. The van der Waals surface area contributed by atoms with Crippen LogP contribution >= 0.6 is 0 Å². The minimum atomic E-state index is -3.66. The van der Waals surface area contributed by atoms with Gasteiger partial charge in [0.1, 0.15) is 5.82 Å². The van der Waals surface area contributed by atoms with Gasteiger partial charge in [0.2, 0.25) is 5.91 Å². The van der Waals surface area contributed by atoms with E-state index in [1.165, 1.54) is 19.1 Å². The first-order chi connectivity index (χ1) is 10.8. The van der Waals surface area contributed by atoms with Crippen molar-refractivity contribution in [3.63, 3.8) is 0 Å². The smallest absolute Gasteiger partial charge is 0.224 e. The van der Waals surface area contributed by atoms with E-state index >= 15 is 0 Å². The average Bonchev–Trinajstić information content (AvgIpc) is 2.88. The van der Waals surface area contributed by atoms with Crippen LogP contribution in [0.15, 0.2) is 29.2 Å². The number of nitrogens with zero attached hydrogens (tertiary/aromatic N) is 1. The zero-order valence-electron chi connectivity index (χ0n) is 13.4. The van der Waals surface area contributed by atoms with Crippen LogP contribution < -0.4 is 5.73 Å². The molecule has 1 fully saturated rings. The molecule has 1 saturated heterocycles. The third-order valence-electron chi connectivity index (χ3n) is 4.45. The van der Waals surface area contributed by atoms with Gasteiger partial charge in [-0.3, -0.25) is 4.79 Å². The van der Waals surface area contributed by atoms with Crippen molar-refractivity contribution in [3.8, 4) is 0 Å². The second-order valence-electron chi connectivity index (χ2n) is 6.25. The van der Waals surface area contributed by atoms with Crippen molar-refractivity contribution >= 4 is 15.7 Å². The van der Waals surface area contributed by atoms with E-state index in [2.05, 4.69) is 0 Å². The molecule has 0 saturated carbocycles. The van der Waals surface area contributed by atoms with Crippen LogP contribution in [0.3, 0.4) is 0 Å². The molecule has 7 heteroatoms. The van der Waals surface area contributed by atoms with Crippen LogP contribution in [0.4, 0.5) is 4.39 Å². The summed E-state index contributed by atoms with van der Waals surface area (Å²) in [5.74, 6) is -0.393. The molecule has 1 aliphatic heterocycles. The van der Waals surface area contributed by atoms with Gasteiger partial charge in [-0.05, 0) is 57.0 Å². The van der Waals surface area contributed by atoms with E-state index in [-0.39, 0.29) is 29.2 Å². The summed E-state index contributed by atoms with van der Waals surface area (Å²) >= 11 is 0. The molecule has 0 aromatic heterocycles. The summed E-state index contributed by atoms with van der Waals surface area (Å²) < 4.78 is 37.9. The predicted octanol–water partition coefficient (Wildman–Crippen LogP) is 1.57. The standard InChI is InChI=1S/C16H23FN2O3S/c1-11-7-13(9-18)10-19(11)16(20)8-12(2)23(21,22)15-5-3-14(17)4-6-15/h3-6,11-13H,7-10,18H2,1-2H3. The monoisotopic (exact) mass is 342 g/mol. The second kappa shape index (κ2) is 6.97. The van der Waals surface area contributed by atoms with Crippen molar-refractivity contribution < 1.29 is 17.6 Å². The molecule has 2 N–H and O–H groups in total. The summed E-state index contributed by atoms with van der Waals surface area (Å²) in [5, 5.41) is -0.857. The van der Waals surface area contributed by atoms with Crippen LogP contribution in [0.25, 0.3) is 0 Å². The lowest BCUT2D eigenvalue weighted by molar-refractivity contribution is -0.131. The fourth-order valence-electron chi connectivity index (χ4n) is 2.99. The van der Waals surface area contributed by atoms with Gasteiger partial charge in [-0.1, -0.05) is 0 Å². The Bertz CT molecular complexity index is 660. The molecule has 0 bridgehead atoms. The van der Waals surface area contributed by atoms with E-state index in [1.807, 2.05) is 6.92 Å². The van der Waals surface area contributed by atoms with E-state index in [4.69, 9.17) is 5.73 Å². The van der Waals surface area contributed by atoms with Crippen LogP contribution in [-0.4, -0.2) is 43.6 Å². The summed E-state index contributed by atoms with van der Waals surface area (Å²) in [6, 6.07) is 4.76. The third-order valence-corrected chi connectivity index (χ3v) is 6.60. The maximum atomic E-state index is 12.9. The van der Waals surface area contributed by atoms with Crippen molar-refractivity contribution in [1.29, 1.82) is 0 Å². The number of hydrogen-bond donors (Lipinski definition) is 1. The summed E-state index contributed by atoms with van der Waals surface area (Å²) in [7, 11) is -3.66. The molecule has 3 unspecified atom stereocenters. The summed E-state index contributed by atoms with van der Waals surface area (Å²) in [4.78, 5) is 14.2. The Hall–Kier alpha value is -1.47. The van der Waals surface area contributed by atoms with Gasteiger partial charge in [-0.25, -0.2) is 12.8 Å². The van der Waals surface area contributed by atoms with Crippen molar-refractivity contribution in [3.05, 3.63) is 30.1 Å². The third kappa shape index (κ3) is 3.90. The largest absolute Gasteiger partial charge is 0.340 e. The van der Waals surface area contributed by atoms with Crippen molar-refractivity contribution in [2.45, 2.75) is 42.9 Å². The lowest BCUT2D eigenvalue weighted by atomic mass is 10.1. The number of benzene rings is 1. The van der Waals surface area contributed by atoms with Gasteiger partial charge >= 0.3 is 0 Å². The molecule has 0 radical (unpaired) electrons. The first-order valence-electron chi connectivity index (χ1n) is 7.74. The lowest BCUT2D eigenvalue weighted by Crippen LogP contribution is -2.37. The van der Waals surface area contributed by atoms with Gasteiger partial charge in [0.25, 0.3) is 0 Å². The highest BCUT2D eigenvalue weighted by molar-refractivity contribution is 7.92. The molecule has 5 nitrogen and oxygen atoms in total. The minimum absolute atomic E-state index is 0.0357. The SMILES string of the molecule is CC1CC(CN)CN1C(=O)CC(C)S(=O)(=O)c1ccc(F)cc1. The van der Waals surface area contributed by atoms with Crippen molar-refractivity contribution in [1.82, 2.24) is 4.90 Å². The summed E-state index contributed by atoms with van der Waals surface area (Å²) in [6.07, 6.45) is 0.767. The zero-order valence-corrected chi connectivity index (χ0v) is 14.2. The average molecular weight is 342 g/mol. The zero-order chi connectivity index (χ0) is 17.2. The molecule has 23 heavy (non-hydrogen) atoms. The maximum absolute atomic E-state index is 12.9. The molecule has 0 spiro atoms. The van der Waals surface area contributed by atoms with Crippen LogP contribution in [-0.2, 0) is 14.6 Å². The Labute approximate surface area is 136 Å². The van der Waals surface area contributed by atoms with E-state index in [9.17, 15) is 17.6 Å². The Morgan fingerprint density at radius 3 is 2.52 bits per heavy atom. The molecule has 0 aliphatic carbocycles. The predicted molar refractivity (Wildman–Crippen MR) is 86.0 cm³/mol. The molecule has 1 amide bonds. The van der Waals surface area contributed by atoms with Crippen LogP contribution in [0.2, 0.25) is 0 Å². The number of carbonyl (C=O) groups excluding carboxylic acids is 1. The molecule has 1 aliphatic rings. The number of rotatable bonds is 5. The Morgan fingerprint density at radius 1 is 1.39 bits per heavy atom. The van der Waals surface area contributed by atoms with E-state index < -0.39 is 20.9 Å². The molecule has 2 rings (SSSR count). The number of halogens is 1. The van der Waals surface area contributed by atoms with Gasteiger partial charge in [-0.15, -0.1) is 0 Å². The van der Waals surface area contributed by atoms with Crippen LogP contribution in [0, 0.1) is 11.7 Å². The second-order valence-corrected chi connectivity index (χ2v) is 8.61. The Kier molecular flexibility index (Phi) is 5.41. The number of hydrogen-bond acceptors (Lipinski definition) is 4. The maximum Gasteiger partial charge on any atom is 0.224 e. The molecular formula is C16H23FN2O3S. The number of nitrogens with two attached hydrogens (primary N) is 1. The number of sulfone groups is 1. The summed E-state index contributed by atoms with van der Waals surface area (Å²) in [6.45, 7) is 4.57. The highest BCUT2D eigenvalue weighted by Gasteiger charge is 2.34. The number of likely N-dealkylation sites (tertiary alicyclic amines) is 1. The highest BCUT2D eigenvalue weighted by atomic mass is 32.2. The normalized spacial score (nSPS) is 23.0. The lowest BCUT2D eigenvalue weighted by Gasteiger charge is -2.23. The first-order valence-corrected chi connectivity index (χ1v) is 9.29. The highest BCUT2D eigenvalue weighted by Crippen LogP contribution is 2.25. The van der Waals surface area contributed by atoms with Gasteiger partial charge in [-0.2, -0.15) is 0 Å². The molecule has 1 aromatic carbocycles. The van der Waals surface area contributed by atoms with Crippen molar-refractivity contribution in [2.75, 3.05) is 13.1 Å². The van der Waals surface area contributed by atoms with Gasteiger partial charge in [0.15, 0.2) is 9.84 Å². The van der Waals surface area contributed by atoms with Gasteiger partial charge in [0.05, 0.1) is 10.1 Å². The Morgan fingerprint density at radius 2 is 2.00 bits per heavy atom. The first kappa shape index (κ1) is 17.9. The van der Waals surface area contributed by atoms with E-state index in [0.29, 0.717) is 13.1 Å². The quantitative estimate of drug-likeness (QED) is 0.824. The Balaban J connectivity index is 2.07. The van der Waals surface area contributed by atoms with Crippen molar-refractivity contribution in [2.24, 2.45) is 11.7 Å². The number of amides is 1. The van der Waals surface area contributed by atoms with Crippen LogP contribution in [0.1, 0.15) is 26.7 Å². The number of carbonyl (C=O) groups is 1.